The SMILES string of the molecule is COC(=O)c1cccc(Nc2nccc(Nc3cc(Cl)ccc3OC)n2)c1. The Labute approximate surface area is 161 Å². The van der Waals surface area contributed by atoms with Crippen molar-refractivity contribution in [2.45, 2.75) is 0 Å². The molecule has 7 nitrogen and oxygen atoms in total. The number of carbonyl (C=O) groups is 1. The molecular formula is C19H17ClN4O3. The van der Waals surface area contributed by atoms with Crippen LogP contribution in [0.25, 0.3) is 0 Å². The van der Waals surface area contributed by atoms with E-state index < -0.39 is 5.97 Å². The molecule has 0 saturated heterocycles. The summed E-state index contributed by atoms with van der Waals surface area (Å²) in [6.45, 7) is 0. The number of aromatic nitrogens is 2. The Morgan fingerprint density at radius 3 is 2.70 bits per heavy atom. The van der Waals surface area contributed by atoms with Gasteiger partial charge in [0.25, 0.3) is 0 Å². The van der Waals surface area contributed by atoms with Crippen LogP contribution in [0.15, 0.2) is 54.7 Å². The van der Waals surface area contributed by atoms with Gasteiger partial charge in [-0.2, -0.15) is 4.98 Å². The molecule has 0 aliphatic rings. The Hall–Kier alpha value is -3.32. The van der Waals surface area contributed by atoms with Gasteiger partial charge in [-0.25, -0.2) is 9.78 Å². The molecule has 3 aromatic rings. The van der Waals surface area contributed by atoms with Crippen LogP contribution in [0.5, 0.6) is 5.75 Å². The van der Waals surface area contributed by atoms with Crippen molar-refractivity contribution < 1.29 is 14.3 Å². The van der Waals surface area contributed by atoms with Gasteiger partial charge in [-0.1, -0.05) is 17.7 Å². The van der Waals surface area contributed by atoms with Crippen LogP contribution in [-0.2, 0) is 4.74 Å². The molecule has 0 radical (unpaired) electrons. The maximum atomic E-state index is 11.6. The maximum Gasteiger partial charge on any atom is 0.337 e. The zero-order valence-electron chi connectivity index (χ0n) is 14.7. The molecule has 1 aromatic heterocycles. The molecule has 8 heteroatoms. The molecule has 3 rings (SSSR count). The lowest BCUT2D eigenvalue weighted by atomic mass is 10.2. The number of methoxy groups -OCH3 is 2. The minimum absolute atomic E-state index is 0.364. The fraction of sp³-hybridized carbons (Fsp3) is 0.105. The van der Waals surface area contributed by atoms with Gasteiger partial charge in [-0.3, -0.25) is 0 Å². The summed E-state index contributed by atoms with van der Waals surface area (Å²) < 4.78 is 10.0. The second kappa shape index (κ2) is 8.37. The molecule has 0 unspecified atom stereocenters. The third-order valence-corrected chi connectivity index (χ3v) is 3.85. The van der Waals surface area contributed by atoms with Crippen LogP contribution in [0.4, 0.5) is 23.1 Å². The van der Waals surface area contributed by atoms with Crippen molar-refractivity contribution in [1.29, 1.82) is 0 Å². The third-order valence-electron chi connectivity index (χ3n) is 3.62. The zero-order chi connectivity index (χ0) is 19.2. The summed E-state index contributed by atoms with van der Waals surface area (Å²) in [7, 11) is 2.92. The maximum absolute atomic E-state index is 11.6. The Morgan fingerprint density at radius 2 is 1.93 bits per heavy atom. The summed E-state index contributed by atoms with van der Waals surface area (Å²) in [4.78, 5) is 20.3. The van der Waals surface area contributed by atoms with E-state index in [2.05, 4.69) is 20.6 Å². The first-order chi connectivity index (χ1) is 13.1. The van der Waals surface area contributed by atoms with Crippen molar-refractivity contribution >= 4 is 40.7 Å². The van der Waals surface area contributed by atoms with Gasteiger partial charge in [0.1, 0.15) is 11.6 Å². The number of anilines is 4. The van der Waals surface area contributed by atoms with E-state index in [1.54, 1.807) is 61.8 Å². The van der Waals surface area contributed by atoms with Gasteiger partial charge in [0.2, 0.25) is 5.95 Å². The predicted octanol–water partition coefficient (Wildman–Crippen LogP) is 4.41. The average Bonchev–Trinajstić information content (AvgIpc) is 2.68. The fourth-order valence-corrected chi connectivity index (χ4v) is 2.55. The molecule has 0 aliphatic carbocycles. The summed E-state index contributed by atoms with van der Waals surface area (Å²) in [5, 5.41) is 6.79. The smallest absolute Gasteiger partial charge is 0.337 e. The molecular weight excluding hydrogens is 368 g/mol. The van der Waals surface area contributed by atoms with Crippen molar-refractivity contribution in [3.8, 4) is 5.75 Å². The molecule has 0 amide bonds. The van der Waals surface area contributed by atoms with Gasteiger partial charge in [-0.15, -0.1) is 0 Å². The van der Waals surface area contributed by atoms with Crippen LogP contribution in [-0.4, -0.2) is 30.2 Å². The number of nitrogens with zero attached hydrogens (tertiary/aromatic N) is 2. The standard InChI is InChI=1S/C19H17ClN4O3/c1-26-16-7-6-13(20)11-15(16)23-17-8-9-21-19(24-17)22-14-5-3-4-12(10-14)18(25)27-2/h3-11H,1-2H3,(H2,21,22,23,24). The largest absolute Gasteiger partial charge is 0.495 e. The van der Waals surface area contributed by atoms with Crippen LogP contribution in [0.2, 0.25) is 5.02 Å². The summed E-state index contributed by atoms with van der Waals surface area (Å²) >= 11 is 6.05. The molecule has 0 saturated carbocycles. The lowest BCUT2D eigenvalue weighted by molar-refractivity contribution is 0.0601. The normalized spacial score (nSPS) is 10.2. The topological polar surface area (TPSA) is 85.4 Å². The summed E-state index contributed by atoms with van der Waals surface area (Å²) in [5.74, 6) is 1.14. The van der Waals surface area contributed by atoms with Crippen molar-refractivity contribution in [2.75, 3.05) is 24.9 Å². The van der Waals surface area contributed by atoms with E-state index in [9.17, 15) is 4.79 Å². The number of hydrogen-bond acceptors (Lipinski definition) is 7. The van der Waals surface area contributed by atoms with Gasteiger partial charge >= 0.3 is 5.97 Å². The number of ether oxygens (including phenoxy) is 2. The van der Waals surface area contributed by atoms with E-state index in [0.717, 1.165) is 0 Å². The molecule has 0 fully saturated rings. The zero-order valence-corrected chi connectivity index (χ0v) is 15.4. The monoisotopic (exact) mass is 384 g/mol. The molecule has 0 aliphatic heterocycles. The number of hydrogen-bond donors (Lipinski definition) is 2. The van der Waals surface area contributed by atoms with Crippen molar-refractivity contribution in [1.82, 2.24) is 9.97 Å². The highest BCUT2D eigenvalue weighted by Crippen LogP contribution is 2.30. The van der Waals surface area contributed by atoms with Crippen molar-refractivity contribution in [3.05, 3.63) is 65.3 Å². The lowest BCUT2D eigenvalue weighted by Crippen LogP contribution is -2.04. The van der Waals surface area contributed by atoms with Gasteiger partial charge in [0.15, 0.2) is 0 Å². The third kappa shape index (κ3) is 4.65. The summed E-state index contributed by atoms with van der Waals surface area (Å²) in [6, 6.07) is 13.8. The lowest BCUT2D eigenvalue weighted by Gasteiger charge is -2.12. The van der Waals surface area contributed by atoms with E-state index in [1.807, 2.05) is 0 Å². The second-order valence-electron chi connectivity index (χ2n) is 5.43. The molecule has 2 N–H and O–H groups in total. The Balaban J connectivity index is 1.80. The van der Waals surface area contributed by atoms with Crippen LogP contribution in [0.1, 0.15) is 10.4 Å². The minimum Gasteiger partial charge on any atom is -0.495 e. The first-order valence-corrected chi connectivity index (χ1v) is 8.36. The molecule has 138 valence electrons. The Bertz CT molecular complexity index is 965. The highest BCUT2D eigenvalue weighted by molar-refractivity contribution is 6.31. The van der Waals surface area contributed by atoms with Gasteiger partial charge in [0, 0.05) is 16.9 Å². The fourth-order valence-electron chi connectivity index (χ4n) is 2.38. The van der Waals surface area contributed by atoms with Crippen LogP contribution in [0, 0.1) is 0 Å². The molecule has 1 heterocycles. The first kappa shape index (κ1) is 18.5. The Kier molecular flexibility index (Phi) is 5.73. The van der Waals surface area contributed by atoms with Crippen LogP contribution >= 0.6 is 11.6 Å². The molecule has 0 spiro atoms. The van der Waals surface area contributed by atoms with Crippen LogP contribution < -0.4 is 15.4 Å². The average molecular weight is 385 g/mol. The van der Waals surface area contributed by atoms with Crippen molar-refractivity contribution in [2.24, 2.45) is 0 Å². The predicted molar refractivity (Wildman–Crippen MR) is 104 cm³/mol. The quantitative estimate of drug-likeness (QED) is 0.608. The summed E-state index contributed by atoms with van der Waals surface area (Å²) in [6.07, 6.45) is 1.61. The number of nitrogens with one attached hydrogen (secondary N) is 2. The Morgan fingerprint density at radius 1 is 1.07 bits per heavy atom. The van der Waals surface area contributed by atoms with Gasteiger partial charge in [-0.05, 0) is 42.5 Å². The molecule has 0 bridgehead atoms. The van der Waals surface area contributed by atoms with E-state index in [0.29, 0.717) is 39.5 Å². The summed E-state index contributed by atoms with van der Waals surface area (Å²) in [5.41, 5.74) is 1.78. The van der Waals surface area contributed by atoms with E-state index in [-0.39, 0.29) is 0 Å². The van der Waals surface area contributed by atoms with Gasteiger partial charge < -0.3 is 20.1 Å². The first-order valence-electron chi connectivity index (χ1n) is 7.98. The number of esters is 1. The second-order valence-corrected chi connectivity index (χ2v) is 5.87. The highest BCUT2D eigenvalue weighted by Gasteiger charge is 2.08. The number of halogens is 1. The number of rotatable bonds is 6. The van der Waals surface area contributed by atoms with E-state index in [1.165, 1.54) is 7.11 Å². The molecule has 27 heavy (non-hydrogen) atoms. The van der Waals surface area contributed by atoms with Crippen LogP contribution in [0.3, 0.4) is 0 Å². The molecule has 2 aromatic carbocycles. The minimum atomic E-state index is -0.414. The highest BCUT2D eigenvalue weighted by atomic mass is 35.5. The number of carbonyl (C=O) groups excluding carboxylic acids is 1. The van der Waals surface area contributed by atoms with Crippen molar-refractivity contribution in [3.63, 3.8) is 0 Å². The van der Waals surface area contributed by atoms with Gasteiger partial charge in [0.05, 0.1) is 25.5 Å². The van der Waals surface area contributed by atoms with E-state index >= 15 is 0 Å². The van der Waals surface area contributed by atoms with E-state index in [4.69, 9.17) is 21.1 Å². The molecule has 0 atom stereocenters. The number of benzene rings is 2.